The van der Waals surface area contributed by atoms with Gasteiger partial charge < -0.3 is 4.74 Å². The van der Waals surface area contributed by atoms with Crippen LogP contribution < -0.4 is 0 Å². The van der Waals surface area contributed by atoms with E-state index in [1.54, 1.807) is 18.2 Å². The molecular formula is C11H21NO3S. The molecule has 2 aliphatic rings. The van der Waals surface area contributed by atoms with Crippen LogP contribution in [0.5, 0.6) is 0 Å². The van der Waals surface area contributed by atoms with Crippen molar-refractivity contribution >= 4 is 10.0 Å². The van der Waals surface area contributed by atoms with E-state index in [9.17, 15) is 8.42 Å². The predicted molar refractivity (Wildman–Crippen MR) is 62.8 cm³/mol. The van der Waals surface area contributed by atoms with Gasteiger partial charge in [-0.05, 0) is 39.5 Å². The summed E-state index contributed by atoms with van der Waals surface area (Å²) < 4.78 is 31.4. The number of hydrogen-bond acceptors (Lipinski definition) is 3. The number of piperidine rings is 1. The molecule has 0 aromatic rings. The lowest BCUT2D eigenvalue weighted by Crippen LogP contribution is -2.48. The summed E-state index contributed by atoms with van der Waals surface area (Å²) in [5.74, 6) is 0. The fraction of sp³-hybridized carbons (Fsp3) is 1.00. The molecule has 0 radical (unpaired) electrons. The predicted octanol–water partition coefficient (Wildman–Crippen LogP) is 1.37. The molecule has 2 fully saturated rings. The molecular weight excluding hydrogens is 226 g/mol. The van der Waals surface area contributed by atoms with Crippen LogP contribution in [-0.2, 0) is 14.8 Å². The zero-order valence-corrected chi connectivity index (χ0v) is 10.9. The second-order valence-electron chi connectivity index (χ2n) is 5.13. The molecule has 4 nitrogen and oxygen atoms in total. The number of rotatable bonds is 2. The number of ether oxygens (including phenoxy) is 1. The van der Waals surface area contributed by atoms with E-state index in [-0.39, 0.29) is 10.9 Å². The maximum Gasteiger partial charge on any atom is 0.216 e. The zero-order valence-electron chi connectivity index (χ0n) is 10.1. The highest BCUT2D eigenvalue weighted by molar-refractivity contribution is 7.89. The summed E-state index contributed by atoms with van der Waals surface area (Å²) in [5.41, 5.74) is 0.00298. The van der Waals surface area contributed by atoms with E-state index in [2.05, 4.69) is 0 Å². The quantitative estimate of drug-likeness (QED) is 0.740. The number of nitrogens with zero attached hydrogens (tertiary/aromatic N) is 1. The lowest BCUT2D eigenvalue weighted by atomic mass is 9.90. The van der Waals surface area contributed by atoms with Gasteiger partial charge in [-0.25, -0.2) is 12.7 Å². The molecule has 2 heterocycles. The van der Waals surface area contributed by atoms with Gasteiger partial charge in [0, 0.05) is 19.7 Å². The molecule has 0 N–H and O–H groups in total. The van der Waals surface area contributed by atoms with E-state index in [1.165, 1.54) is 0 Å². The average molecular weight is 247 g/mol. The Kier molecular flexibility index (Phi) is 3.29. The first-order chi connectivity index (χ1) is 7.46. The van der Waals surface area contributed by atoms with Crippen molar-refractivity contribution in [2.45, 2.75) is 50.4 Å². The van der Waals surface area contributed by atoms with E-state index >= 15 is 0 Å². The largest absolute Gasteiger partial charge is 0.375 e. The van der Waals surface area contributed by atoms with E-state index in [0.29, 0.717) is 13.1 Å². The normalized spacial score (nSPS) is 26.7. The molecule has 0 saturated carbocycles. The second-order valence-corrected chi connectivity index (χ2v) is 7.62. The summed E-state index contributed by atoms with van der Waals surface area (Å²) in [6.07, 6.45) is 3.94. The van der Waals surface area contributed by atoms with Crippen LogP contribution in [0.3, 0.4) is 0 Å². The minimum atomic E-state index is -3.07. The monoisotopic (exact) mass is 247 g/mol. The molecule has 2 rings (SSSR count). The van der Waals surface area contributed by atoms with Crippen molar-refractivity contribution in [3.8, 4) is 0 Å². The molecule has 0 unspecified atom stereocenters. The van der Waals surface area contributed by atoms with Crippen molar-refractivity contribution in [1.82, 2.24) is 4.31 Å². The van der Waals surface area contributed by atoms with Crippen molar-refractivity contribution in [3.05, 3.63) is 0 Å². The van der Waals surface area contributed by atoms with Gasteiger partial charge in [0.2, 0.25) is 10.0 Å². The molecule has 2 aliphatic heterocycles. The van der Waals surface area contributed by atoms with E-state index in [1.807, 2.05) is 0 Å². The molecule has 0 bridgehead atoms. The van der Waals surface area contributed by atoms with Crippen LogP contribution in [0.15, 0.2) is 0 Å². The summed E-state index contributed by atoms with van der Waals surface area (Å²) in [7, 11) is -3.07. The molecule has 0 aromatic carbocycles. The van der Waals surface area contributed by atoms with Crippen LogP contribution >= 0.6 is 0 Å². The fourth-order valence-corrected chi connectivity index (χ4v) is 3.88. The van der Waals surface area contributed by atoms with E-state index in [0.717, 1.165) is 32.3 Å². The molecule has 0 aromatic heterocycles. The highest BCUT2D eigenvalue weighted by Crippen LogP contribution is 2.36. The number of hydrogen-bond donors (Lipinski definition) is 0. The van der Waals surface area contributed by atoms with Gasteiger partial charge in [-0.1, -0.05) is 0 Å². The summed E-state index contributed by atoms with van der Waals surface area (Å²) in [6, 6.07) is 0. The molecule has 5 heteroatoms. The van der Waals surface area contributed by atoms with Crippen LogP contribution in [0.25, 0.3) is 0 Å². The summed E-state index contributed by atoms with van der Waals surface area (Å²) >= 11 is 0. The molecule has 16 heavy (non-hydrogen) atoms. The molecule has 0 amide bonds. The number of sulfonamides is 1. The van der Waals surface area contributed by atoms with E-state index in [4.69, 9.17) is 4.74 Å². The lowest BCUT2D eigenvalue weighted by molar-refractivity contribution is -0.0310. The lowest BCUT2D eigenvalue weighted by Gasteiger charge is -2.38. The molecule has 0 atom stereocenters. The third-order valence-electron chi connectivity index (χ3n) is 3.77. The smallest absolute Gasteiger partial charge is 0.216 e. The van der Waals surface area contributed by atoms with Crippen LogP contribution in [0.2, 0.25) is 0 Å². The van der Waals surface area contributed by atoms with Gasteiger partial charge in [-0.15, -0.1) is 0 Å². The Bertz CT molecular complexity index is 334. The first-order valence-corrected chi connectivity index (χ1v) is 7.60. The summed E-state index contributed by atoms with van der Waals surface area (Å²) in [6.45, 7) is 5.58. The van der Waals surface area contributed by atoms with Gasteiger partial charge in [-0.2, -0.15) is 0 Å². The van der Waals surface area contributed by atoms with Crippen LogP contribution in [0.1, 0.15) is 39.5 Å². The van der Waals surface area contributed by atoms with Crippen LogP contribution in [0, 0.1) is 0 Å². The molecule has 0 aliphatic carbocycles. The average Bonchev–Trinajstić information content (AvgIpc) is 2.67. The first-order valence-electron chi connectivity index (χ1n) is 6.09. The second kappa shape index (κ2) is 4.27. The SMILES string of the molecule is CC(C)S(=O)(=O)N1CCC2(CCCO2)CC1. The Labute approximate surface area is 98.0 Å². The highest BCUT2D eigenvalue weighted by atomic mass is 32.2. The van der Waals surface area contributed by atoms with Gasteiger partial charge >= 0.3 is 0 Å². The van der Waals surface area contributed by atoms with Crippen molar-refractivity contribution < 1.29 is 13.2 Å². The van der Waals surface area contributed by atoms with Crippen molar-refractivity contribution in [1.29, 1.82) is 0 Å². The Balaban J connectivity index is 2.00. The van der Waals surface area contributed by atoms with Gasteiger partial charge in [0.1, 0.15) is 0 Å². The Morgan fingerprint density at radius 2 is 1.81 bits per heavy atom. The zero-order chi connectivity index (χ0) is 11.8. The Morgan fingerprint density at radius 1 is 1.19 bits per heavy atom. The molecule has 1 spiro atoms. The topological polar surface area (TPSA) is 46.6 Å². The highest BCUT2D eigenvalue weighted by Gasteiger charge is 2.41. The van der Waals surface area contributed by atoms with Crippen molar-refractivity contribution in [2.75, 3.05) is 19.7 Å². The van der Waals surface area contributed by atoms with Crippen LogP contribution in [-0.4, -0.2) is 43.3 Å². The Hall–Kier alpha value is -0.130. The summed E-state index contributed by atoms with van der Waals surface area (Å²) in [5, 5.41) is -0.314. The third-order valence-corrected chi connectivity index (χ3v) is 6.05. The van der Waals surface area contributed by atoms with Crippen LogP contribution in [0.4, 0.5) is 0 Å². The van der Waals surface area contributed by atoms with E-state index < -0.39 is 10.0 Å². The van der Waals surface area contributed by atoms with Crippen molar-refractivity contribution in [2.24, 2.45) is 0 Å². The van der Waals surface area contributed by atoms with Gasteiger partial charge in [0.15, 0.2) is 0 Å². The first kappa shape index (κ1) is 12.3. The van der Waals surface area contributed by atoms with Gasteiger partial charge in [0.25, 0.3) is 0 Å². The van der Waals surface area contributed by atoms with Gasteiger partial charge in [0.05, 0.1) is 10.9 Å². The molecule has 94 valence electrons. The molecule has 2 saturated heterocycles. The fourth-order valence-electron chi connectivity index (χ4n) is 2.60. The standard InChI is InChI=1S/C11H21NO3S/c1-10(2)16(13,14)12-7-5-11(6-8-12)4-3-9-15-11/h10H,3-9H2,1-2H3. The maximum atomic E-state index is 12.0. The third kappa shape index (κ3) is 2.13. The Morgan fingerprint density at radius 3 is 2.25 bits per heavy atom. The minimum absolute atomic E-state index is 0.00298. The summed E-state index contributed by atoms with van der Waals surface area (Å²) in [4.78, 5) is 0. The van der Waals surface area contributed by atoms with Crippen molar-refractivity contribution in [3.63, 3.8) is 0 Å². The maximum absolute atomic E-state index is 12.0. The van der Waals surface area contributed by atoms with Gasteiger partial charge in [-0.3, -0.25) is 0 Å². The minimum Gasteiger partial charge on any atom is -0.375 e.